The van der Waals surface area contributed by atoms with E-state index in [0.29, 0.717) is 25.2 Å². The average Bonchev–Trinajstić information content (AvgIpc) is 2.74. The summed E-state index contributed by atoms with van der Waals surface area (Å²) in [6.07, 6.45) is 0. The Morgan fingerprint density at radius 3 is 2.86 bits per heavy atom. The Kier molecular flexibility index (Phi) is 3.39. The molecular formula is C13H17N3O4S. The summed E-state index contributed by atoms with van der Waals surface area (Å²) < 4.78 is 33.3. The van der Waals surface area contributed by atoms with Crippen LogP contribution in [0.15, 0.2) is 32.3 Å². The third-order valence-electron chi connectivity index (χ3n) is 3.81. The summed E-state index contributed by atoms with van der Waals surface area (Å²) in [5.74, 6) is -0.505. The number of benzene rings is 1. The molecule has 0 spiro atoms. The minimum absolute atomic E-state index is 0.109. The molecule has 1 aliphatic heterocycles. The quantitative estimate of drug-likeness (QED) is 0.851. The molecule has 3 rings (SSSR count). The van der Waals surface area contributed by atoms with Gasteiger partial charge in [0.2, 0.25) is 10.0 Å². The number of piperazine rings is 1. The Labute approximate surface area is 122 Å². The Balaban J connectivity index is 2.08. The highest BCUT2D eigenvalue weighted by Crippen LogP contribution is 2.23. The van der Waals surface area contributed by atoms with E-state index < -0.39 is 15.8 Å². The zero-order chi connectivity index (χ0) is 15.2. The second-order valence-electron chi connectivity index (χ2n) is 5.23. The standard InChI is InChI=1S/C13H17N3O4S/c1-9-8-14-5-6-16(9)21(18,19)10-3-4-11-12(7-10)20-13(17)15(11)2/h3-4,7,9,14H,5-6,8H2,1-2H3/t9-/m0/s1. The molecule has 0 amide bonds. The summed E-state index contributed by atoms with van der Waals surface area (Å²) in [6.45, 7) is 3.55. The molecular weight excluding hydrogens is 294 g/mol. The van der Waals surface area contributed by atoms with Crippen molar-refractivity contribution in [2.24, 2.45) is 7.05 Å². The molecule has 1 aromatic carbocycles. The normalized spacial score (nSPS) is 21.0. The van der Waals surface area contributed by atoms with E-state index in [1.54, 1.807) is 13.1 Å². The van der Waals surface area contributed by atoms with Crippen LogP contribution in [0.25, 0.3) is 11.1 Å². The molecule has 1 aromatic heterocycles. The Morgan fingerprint density at radius 2 is 2.14 bits per heavy atom. The molecule has 0 aliphatic carbocycles. The number of nitrogens with one attached hydrogen (secondary N) is 1. The number of hydrogen-bond acceptors (Lipinski definition) is 5. The van der Waals surface area contributed by atoms with Gasteiger partial charge in [-0.2, -0.15) is 4.31 Å². The van der Waals surface area contributed by atoms with E-state index in [0.717, 1.165) is 0 Å². The third-order valence-corrected chi connectivity index (χ3v) is 5.82. The first kappa shape index (κ1) is 14.3. The second-order valence-corrected chi connectivity index (χ2v) is 7.12. The van der Waals surface area contributed by atoms with Crippen LogP contribution in [-0.4, -0.2) is 43.0 Å². The molecule has 0 saturated carbocycles. The van der Waals surface area contributed by atoms with Crippen LogP contribution in [0.5, 0.6) is 0 Å². The lowest BCUT2D eigenvalue weighted by molar-refractivity contribution is 0.284. The second kappa shape index (κ2) is 4.97. The lowest BCUT2D eigenvalue weighted by Gasteiger charge is -2.32. The van der Waals surface area contributed by atoms with Gasteiger partial charge in [-0.3, -0.25) is 4.57 Å². The van der Waals surface area contributed by atoms with E-state index in [1.807, 2.05) is 6.92 Å². The average molecular weight is 311 g/mol. The van der Waals surface area contributed by atoms with Crippen molar-refractivity contribution in [2.75, 3.05) is 19.6 Å². The molecule has 8 heteroatoms. The predicted octanol–water partition coefficient (Wildman–Crippen LogP) is 0.114. The SMILES string of the molecule is C[C@H]1CNCCN1S(=O)(=O)c1ccc2c(c1)oc(=O)n2C. The van der Waals surface area contributed by atoms with E-state index in [9.17, 15) is 13.2 Å². The fourth-order valence-electron chi connectivity index (χ4n) is 2.59. The molecule has 1 aliphatic rings. The molecule has 0 radical (unpaired) electrons. The molecule has 1 fully saturated rings. The van der Waals surface area contributed by atoms with Crippen molar-refractivity contribution in [1.82, 2.24) is 14.2 Å². The first-order chi connectivity index (χ1) is 9.91. The van der Waals surface area contributed by atoms with Crippen LogP contribution < -0.4 is 11.1 Å². The molecule has 114 valence electrons. The van der Waals surface area contributed by atoms with Gasteiger partial charge in [0.05, 0.1) is 10.4 Å². The first-order valence-corrected chi connectivity index (χ1v) is 8.17. The van der Waals surface area contributed by atoms with Gasteiger partial charge in [-0.05, 0) is 19.1 Å². The number of aromatic nitrogens is 1. The summed E-state index contributed by atoms with van der Waals surface area (Å²) in [6, 6.07) is 4.42. The Morgan fingerprint density at radius 1 is 1.38 bits per heavy atom. The number of sulfonamides is 1. The van der Waals surface area contributed by atoms with Crippen LogP contribution in [-0.2, 0) is 17.1 Å². The van der Waals surface area contributed by atoms with Crippen molar-refractivity contribution in [1.29, 1.82) is 0 Å². The highest BCUT2D eigenvalue weighted by Gasteiger charge is 2.31. The molecule has 1 atom stereocenters. The van der Waals surface area contributed by atoms with Crippen molar-refractivity contribution in [3.63, 3.8) is 0 Å². The lowest BCUT2D eigenvalue weighted by atomic mass is 10.3. The van der Waals surface area contributed by atoms with Gasteiger partial charge in [0.1, 0.15) is 0 Å². The van der Waals surface area contributed by atoms with E-state index in [2.05, 4.69) is 5.32 Å². The Hall–Kier alpha value is -1.64. The zero-order valence-corrected chi connectivity index (χ0v) is 12.7. The van der Waals surface area contributed by atoms with Crippen molar-refractivity contribution >= 4 is 21.1 Å². The maximum atomic E-state index is 12.7. The van der Waals surface area contributed by atoms with Crippen LogP contribution in [0.4, 0.5) is 0 Å². The number of fused-ring (bicyclic) bond motifs is 1. The van der Waals surface area contributed by atoms with Crippen LogP contribution in [0.1, 0.15) is 6.92 Å². The zero-order valence-electron chi connectivity index (χ0n) is 11.9. The van der Waals surface area contributed by atoms with Crippen LogP contribution in [0, 0.1) is 0 Å². The van der Waals surface area contributed by atoms with Gasteiger partial charge in [-0.15, -0.1) is 0 Å². The van der Waals surface area contributed by atoms with Gasteiger partial charge < -0.3 is 9.73 Å². The number of hydrogen-bond donors (Lipinski definition) is 1. The van der Waals surface area contributed by atoms with Crippen molar-refractivity contribution in [2.45, 2.75) is 17.9 Å². The van der Waals surface area contributed by atoms with Gasteiger partial charge in [-0.1, -0.05) is 0 Å². The molecule has 1 N–H and O–H groups in total. The predicted molar refractivity (Wildman–Crippen MR) is 77.7 cm³/mol. The largest absolute Gasteiger partial charge is 0.419 e. The molecule has 0 bridgehead atoms. The van der Waals surface area contributed by atoms with Crippen LogP contribution in [0.3, 0.4) is 0 Å². The highest BCUT2D eigenvalue weighted by atomic mass is 32.2. The fourth-order valence-corrected chi connectivity index (χ4v) is 4.24. The lowest BCUT2D eigenvalue weighted by Crippen LogP contribution is -2.52. The summed E-state index contributed by atoms with van der Waals surface area (Å²) in [4.78, 5) is 11.6. The Bertz CT molecular complexity index is 837. The van der Waals surface area contributed by atoms with E-state index in [1.165, 1.54) is 21.0 Å². The smallest absolute Gasteiger partial charge is 0.408 e. The van der Waals surface area contributed by atoms with Gasteiger partial charge in [0.15, 0.2) is 5.58 Å². The molecule has 7 nitrogen and oxygen atoms in total. The van der Waals surface area contributed by atoms with Gasteiger partial charge in [0, 0.05) is 38.8 Å². The molecule has 2 aromatic rings. The number of nitrogens with zero attached hydrogens (tertiary/aromatic N) is 2. The minimum Gasteiger partial charge on any atom is -0.408 e. The van der Waals surface area contributed by atoms with Crippen molar-refractivity contribution in [3.8, 4) is 0 Å². The van der Waals surface area contributed by atoms with E-state index in [4.69, 9.17) is 4.42 Å². The van der Waals surface area contributed by atoms with Crippen molar-refractivity contribution in [3.05, 3.63) is 28.7 Å². The van der Waals surface area contributed by atoms with Gasteiger partial charge in [0.25, 0.3) is 0 Å². The molecule has 2 heterocycles. The highest BCUT2D eigenvalue weighted by molar-refractivity contribution is 7.89. The first-order valence-electron chi connectivity index (χ1n) is 6.73. The van der Waals surface area contributed by atoms with Crippen molar-refractivity contribution < 1.29 is 12.8 Å². The molecule has 0 unspecified atom stereocenters. The number of oxazole rings is 1. The van der Waals surface area contributed by atoms with Gasteiger partial charge >= 0.3 is 5.76 Å². The third kappa shape index (κ3) is 2.29. The minimum atomic E-state index is -3.58. The maximum Gasteiger partial charge on any atom is 0.419 e. The summed E-state index contributed by atoms with van der Waals surface area (Å²) >= 11 is 0. The van der Waals surface area contributed by atoms with Gasteiger partial charge in [-0.25, -0.2) is 13.2 Å². The maximum absolute atomic E-state index is 12.7. The number of rotatable bonds is 2. The molecule has 21 heavy (non-hydrogen) atoms. The molecule has 1 saturated heterocycles. The van der Waals surface area contributed by atoms with E-state index >= 15 is 0 Å². The van der Waals surface area contributed by atoms with E-state index in [-0.39, 0.29) is 16.5 Å². The topological polar surface area (TPSA) is 84.6 Å². The number of aryl methyl sites for hydroxylation is 1. The summed E-state index contributed by atoms with van der Waals surface area (Å²) in [7, 11) is -2.00. The summed E-state index contributed by atoms with van der Waals surface area (Å²) in [5, 5.41) is 3.16. The van der Waals surface area contributed by atoms with Crippen LogP contribution >= 0.6 is 0 Å². The monoisotopic (exact) mass is 311 g/mol. The van der Waals surface area contributed by atoms with Crippen LogP contribution in [0.2, 0.25) is 0 Å². The fraction of sp³-hybridized carbons (Fsp3) is 0.462. The summed E-state index contributed by atoms with van der Waals surface area (Å²) in [5.41, 5.74) is 0.860.